The number of fused-ring (bicyclic) bond motifs is 1. The Morgan fingerprint density at radius 1 is 1.17 bits per heavy atom. The van der Waals surface area contributed by atoms with E-state index < -0.39 is 0 Å². The van der Waals surface area contributed by atoms with E-state index >= 15 is 0 Å². The van der Waals surface area contributed by atoms with Crippen LogP contribution in [0.1, 0.15) is 0 Å². The molecule has 0 radical (unpaired) electrons. The lowest BCUT2D eigenvalue weighted by molar-refractivity contribution is 0.0238. The van der Waals surface area contributed by atoms with Crippen molar-refractivity contribution in [2.24, 2.45) is 7.05 Å². The molecule has 0 unspecified atom stereocenters. The Balaban J connectivity index is 2.00. The molecule has 5 heteroatoms. The van der Waals surface area contributed by atoms with Gasteiger partial charge in [0.25, 0.3) is 0 Å². The van der Waals surface area contributed by atoms with Crippen LogP contribution in [0.2, 0.25) is 0 Å². The molecule has 1 saturated heterocycles. The third-order valence-corrected chi connectivity index (χ3v) is 3.99. The van der Waals surface area contributed by atoms with Gasteiger partial charge in [-0.3, -0.25) is 4.90 Å². The Bertz CT molecular complexity index is 610. The highest BCUT2D eigenvalue weighted by Gasteiger charge is 2.14. The molecule has 1 aliphatic heterocycles. The van der Waals surface area contributed by atoms with Gasteiger partial charge in [0, 0.05) is 20.1 Å². The van der Waals surface area contributed by atoms with Crippen molar-refractivity contribution in [1.82, 2.24) is 14.0 Å². The third kappa shape index (κ3) is 1.98. The number of aryl methyl sites for hydroxylation is 1. The summed E-state index contributed by atoms with van der Waals surface area (Å²) >= 11 is 5.53. The second-order valence-corrected chi connectivity index (χ2v) is 5.00. The van der Waals surface area contributed by atoms with Crippen LogP contribution in [0.5, 0.6) is 0 Å². The van der Waals surface area contributed by atoms with Crippen LogP contribution >= 0.6 is 12.2 Å². The van der Waals surface area contributed by atoms with Gasteiger partial charge in [-0.2, -0.15) is 0 Å². The molecule has 1 fully saturated rings. The molecule has 0 amide bonds. The Morgan fingerprint density at radius 2 is 1.83 bits per heavy atom. The number of imidazole rings is 1. The molecule has 1 aromatic heterocycles. The van der Waals surface area contributed by atoms with Crippen LogP contribution in [0.3, 0.4) is 0 Å². The second-order valence-electron chi connectivity index (χ2n) is 4.63. The molecular weight excluding hydrogens is 246 g/mol. The first kappa shape index (κ1) is 11.9. The molecule has 18 heavy (non-hydrogen) atoms. The summed E-state index contributed by atoms with van der Waals surface area (Å²) in [7, 11) is 2.03. The van der Waals surface area contributed by atoms with Crippen molar-refractivity contribution < 1.29 is 4.74 Å². The number of nitrogens with zero attached hydrogens (tertiary/aromatic N) is 3. The normalized spacial score (nSPS) is 17.4. The van der Waals surface area contributed by atoms with Crippen molar-refractivity contribution in [1.29, 1.82) is 0 Å². The molecule has 0 N–H and O–H groups in total. The predicted octanol–water partition coefficient (Wildman–Crippen LogP) is 2.00. The maximum absolute atomic E-state index is 5.53. The van der Waals surface area contributed by atoms with Gasteiger partial charge in [-0.15, -0.1) is 0 Å². The lowest BCUT2D eigenvalue weighted by Crippen LogP contribution is -2.37. The first-order valence-electron chi connectivity index (χ1n) is 6.22. The molecule has 0 spiro atoms. The molecule has 0 bridgehead atoms. The molecule has 2 heterocycles. The van der Waals surface area contributed by atoms with E-state index in [1.807, 2.05) is 7.05 Å². The van der Waals surface area contributed by atoms with Crippen LogP contribution in [-0.4, -0.2) is 40.3 Å². The standard InChI is InChI=1S/C13H17N3OS/c1-14-11-4-2-3-5-12(11)16(13(14)18)10-15-6-8-17-9-7-15/h2-5H,6-10H2,1H3. The van der Waals surface area contributed by atoms with Crippen molar-refractivity contribution in [3.8, 4) is 0 Å². The summed E-state index contributed by atoms with van der Waals surface area (Å²) in [6.45, 7) is 4.44. The molecule has 1 aromatic carbocycles. The van der Waals surface area contributed by atoms with Gasteiger partial charge >= 0.3 is 0 Å². The number of hydrogen-bond acceptors (Lipinski definition) is 3. The average molecular weight is 263 g/mol. The summed E-state index contributed by atoms with van der Waals surface area (Å²) in [6, 6.07) is 8.36. The molecule has 1 aliphatic rings. The van der Waals surface area contributed by atoms with E-state index in [0.29, 0.717) is 0 Å². The van der Waals surface area contributed by atoms with Crippen molar-refractivity contribution in [2.45, 2.75) is 6.67 Å². The van der Waals surface area contributed by atoms with Crippen LogP contribution in [0, 0.1) is 4.77 Å². The zero-order chi connectivity index (χ0) is 12.5. The predicted molar refractivity (Wildman–Crippen MR) is 74.1 cm³/mol. The fourth-order valence-electron chi connectivity index (χ4n) is 2.44. The average Bonchev–Trinajstić information content (AvgIpc) is 2.66. The SMILES string of the molecule is Cn1c(=S)n(CN2CCOCC2)c2ccccc21. The highest BCUT2D eigenvalue weighted by atomic mass is 32.1. The quantitative estimate of drug-likeness (QED) is 0.774. The summed E-state index contributed by atoms with van der Waals surface area (Å²) in [5.74, 6) is 0. The smallest absolute Gasteiger partial charge is 0.181 e. The number of hydrogen-bond donors (Lipinski definition) is 0. The number of para-hydroxylation sites is 2. The van der Waals surface area contributed by atoms with E-state index in [9.17, 15) is 0 Å². The maximum Gasteiger partial charge on any atom is 0.181 e. The van der Waals surface area contributed by atoms with Gasteiger partial charge in [0.15, 0.2) is 4.77 Å². The molecule has 3 rings (SSSR count). The number of benzene rings is 1. The zero-order valence-corrected chi connectivity index (χ0v) is 11.3. The largest absolute Gasteiger partial charge is 0.379 e. The van der Waals surface area contributed by atoms with Crippen LogP contribution in [0.15, 0.2) is 24.3 Å². The Labute approximate surface area is 111 Å². The van der Waals surface area contributed by atoms with E-state index in [2.05, 4.69) is 38.3 Å². The lowest BCUT2D eigenvalue weighted by Gasteiger charge is -2.27. The van der Waals surface area contributed by atoms with Gasteiger partial charge in [0.2, 0.25) is 0 Å². The zero-order valence-electron chi connectivity index (χ0n) is 10.5. The third-order valence-electron chi connectivity index (χ3n) is 3.50. The van der Waals surface area contributed by atoms with Crippen molar-refractivity contribution in [3.63, 3.8) is 0 Å². The van der Waals surface area contributed by atoms with Gasteiger partial charge in [0.05, 0.1) is 30.9 Å². The summed E-state index contributed by atoms with van der Waals surface area (Å²) < 4.78 is 10.5. The minimum atomic E-state index is 0.818. The molecule has 0 atom stereocenters. The Morgan fingerprint density at radius 3 is 2.56 bits per heavy atom. The van der Waals surface area contributed by atoms with Crippen molar-refractivity contribution in [3.05, 3.63) is 29.0 Å². The Hall–Kier alpha value is -1.17. The number of rotatable bonds is 2. The number of ether oxygens (including phenoxy) is 1. The van der Waals surface area contributed by atoms with Gasteiger partial charge in [0.1, 0.15) is 0 Å². The topological polar surface area (TPSA) is 22.3 Å². The maximum atomic E-state index is 5.53. The van der Waals surface area contributed by atoms with Gasteiger partial charge < -0.3 is 13.9 Å². The first-order valence-corrected chi connectivity index (χ1v) is 6.62. The minimum absolute atomic E-state index is 0.818. The first-order chi connectivity index (χ1) is 8.77. The second kappa shape index (κ2) is 4.84. The van der Waals surface area contributed by atoms with Gasteiger partial charge in [-0.25, -0.2) is 0 Å². The van der Waals surface area contributed by atoms with Crippen molar-refractivity contribution >= 4 is 23.3 Å². The van der Waals surface area contributed by atoms with Crippen LogP contribution in [-0.2, 0) is 18.5 Å². The van der Waals surface area contributed by atoms with E-state index in [1.54, 1.807) is 0 Å². The number of aromatic nitrogens is 2. The van der Waals surface area contributed by atoms with E-state index in [-0.39, 0.29) is 0 Å². The van der Waals surface area contributed by atoms with Gasteiger partial charge in [-0.1, -0.05) is 12.1 Å². The lowest BCUT2D eigenvalue weighted by atomic mass is 10.3. The van der Waals surface area contributed by atoms with Gasteiger partial charge in [-0.05, 0) is 24.4 Å². The molecule has 0 aliphatic carbocycles. The minimum Gasteiger partial charge on any atom is -0.379 e. The summed E-state index contributed by atoms with van der Waals surface area (Å²) in [6.07, 6.45) is 0. The van der Waals surface area contributed by atoms with Crippen molar-refractivity contribution in [2.75, 3.05) is 26.3 Å². The van der Waals surface area contributed by atoms with E-state index in [1.165, 1.54) is 11.0 Å². The molecular formula is C13H17N3OS. The number of morpholine rings is 1. The van der Waals surface area contributed by atoms with Crippen LogP contribution in [0.25, 0.3) is 11.0 Å². The molecule has 96 valence electrons. The summed E-state index contributed by atoms with van der Waals surface area (Å²) in [4.78, 5) is 2.38. The molecule has 2 aromatic rings. The molecule has 0 saturated carbocycles. The van der Waals surface area contributed by atoms with E-state index in [0.717, 1.165) is 37.7 Å². The Kier molecular flexibility index (Phi) is 3.20. The summed E-state index contributed by atoms with van der Waals surface area (Å²) in [5, 5.41) is 0. The fourth-order valence-corrected chi connectivity index (χ4v) is 2.70. The molecule has 4 nitrogen and oxygen atoms in total. The highest BCUT2D eigenvalue weighted by molar-refractivity contribution is 7.71. The monoisotopic (exact) mass is 263 g/mol. The van der Waals surface area contributed by atoms with E-state index in [4.69, 9.17) is 17.0 Å². The fraction of sp³-hybridized carbons (Fsp3) is 0.462. The van der Waals surface area contributed by atoms with Crippen LogP contribution < -0.4 is 0 Å². The summed E-state index contributed by atoms with van der Waals surface area (Å²) in [5.41, 5.74) is 2.40. The van der Waals surface area contributed by atoms with Crippen LogP contribution in [0.4, 0.5) is 0 Å². The highest BCUT2D eigenvalue weighted by Crippen LogP contribution is 2.17.